The van der Waals surface area contributed by atoms with Crippen LogP contribution in [0.25, 0.3) is 0 Å². The fourth-order valence-electron chi connectivity index (χ4n) is 0.957. The highest BCUT2D eigenvalue weighted by Crippen LogP contribution is 2.17. The molecule has 1 amide bonds. The highest BCUT2D eigenvalue weighted by atomic mass is 16.5. The van der Waals surface area contributed by atoms with Crippen LogP contribution in [0.3, 0.4) is 0 Å². The number of nitrogens with one attached hydrogen (secondary N) is 1. The Balaban J connectivity index is 2.53. The molecule has 0 aromatic carbocycles. The molecule has 0 saturated carbocycles. The third-order valence-corrected chi connectivity index (χ3v) is 1.98. The van der Waals surface area contributed by atoms with Gasteiger partial charge in [0.1, 0.15) is 12.4 Å². The first kappa shape index (κ1) is 11.5. The van der Waals surface area contributed by atoms with Crippen molar-refractivity contribution < 1.29 is 9.53 Å². The van der Waals surface area contributed by atoms with Crippen LogP contribution in [0.5, 0.6) is 5.75 Å². The number of ether oxygens (including phenoxy) is 1. The van der Waals surface area contributed by atoms with Gasteiger partial charge in [-0.05, 0) is 26.0 Å². The molecule has 0 aliphatic heterocycles. The van der Waals surface area contributed by atoms with Crippen molar-refractivity contribution in [3.8, 4) is 5.75 Å². The molecule has 0 saturated heterocycles. The molecule has 0 unspecified atom stereocenters. The van der Waals surface area contributed by atoms with Crippen LogP contribution < -0.4 is 16.0 Å². The number of hydrogen-bond donors (Lipinski definition) is 2. The summed E-state index contributed by atoms with van der Waals surface area (Å²) in [5.41, 5.74) is 1.44. The molecular weight excluding hydrogens is 194 g/mol. The number of pyridine rings is 1. The Hall–Kier alpha value is -1.62. The zero-order valence-corrected chi connectivity index (χ0v) is 8.86. The van der Waals surface area contributed by atoms with Crippen LogP contribution in [0.1, 0.15) is 13.8 Å². The molecule has 0 aliphatic rings. The number of rotatable bonds is 4. The van der Waals surface area contributed by atoms with Gasteiger partial charge in [0.05, 0.1) is 11.6 Å². The number of hydrogen-bond acceptors (Lipinski definition) is 4. The number of nitrogens with two attached hydrogens (primary N) is 1. The van der Waals surface area contributed by atoms with Crippen LogP contribution in [0.4, 0.5) is 0 Å². The van der Waals surface area contributed by atoms with Crippen molar-refractivity contribution in [2.75, 3.05) is 6.61 Å². The third-order valence-electron chi connectivity index (χ3n) is 1.98. The molecule has 0 bridgehead atoms. The molecular formula is C10H15N3O2. The summed E-state index contributed by atoms with van der Waals surface area (Å²) in [4.78, 5) is 15.2. The van der Waals surface area contributed by atoms with Crippen molar-refractivity contribution in [3.05, 3.63) is 24.5 Å². The highest BCUT2D eigenvalue weighted by molar-refractivity contribution is 5.81. The quantitative estimate of drug-likeness (QED) is 0.429. The number of hydrazine groups is 1. The van der Waals surface area contributed by atoms with Crippen LogP contribution in [-0.2, 0) is 4.79 Å². The second-order valence-corrected chi connectivity index (χ2v) is 3.83. The summed E-state index contributed by atoms with van der Waals surface area (Å²) < 4.78 is 5.41. The zero-order chi connectivity index (χ0) is 11.3. The van der Waals surface area contributed by atoms with Gasteiger partial charge in [0.25, 0.3) is 0 Å². The smallest absolute Gasteiger partial charge is 0.242 e. The van der Waals surface area contributed by atoms with Gasteiger partial charge in [0.15, 0.2) is 0 Å². The molecule has 1 aromatic heterocycles. The van der Waals surface area contributed by atoms with Crippen LogP contribution in [0, 0.1) is 5.41 Å². The summed E-state index contributed by atoms with van der Waals surface area (Å²) in [6, 6.07) is 3.55. The van der Waals surface area contributed by atoms with Gasteiger partial charge in [0.2, 0.25) is 5.91 Å². The molecule has 15 heavy (non-hydrogen) atoms. The van der Waals surface area contributed by atoms with Crippen molar-refractivity contribution in [2.24, 2.45) is 11.3 Å². The van der Waals surface area contributed by atoms with Crippen molar-refractivity contribution in [1.82, 2.24) is 10.4 Å². The van der Waals surface area contributed by atoms with E-state index < -0.39 is 5.41 Å². The lowest BCUT2D eigenvalue weighted by Gasteiger charge is -2.22. The minimum atomic E-state index is -0.662. The van der Waals surface area contributed by atoms with E-state index in [2.05, 4.69) is 10.4 Å². The van der Waals surface area contributed by atoms with Crippen LogP contribution >= 0.6 is 0 Å². The number of carbonyl (C=O) groups excluding carboxylic acids is 1. The minimum Gasteiger partial charge on any atom is -0.491 e. The maximum absolute atomic E-state index is 11.3. The number of nitrogens with zero attached hydrogens (tertiary/aromatic N) is 1. The second kappa shape index (κ2) is 4.75. The summed E-state index contributed by atoms with van der Waals surface area (Å²) in [6.07, 6.45) is 3.25. The first-order chi connectivity index (χ1) is 7.06. The summed E-state index contributed by atoms with van der Waals surface area (Å²) in [5.74, 6) is 5.44. The van der Waals surface area contributed by atoms with E-state index in [1.807, 2.05) is 0 Å². The first-order valence-corrected chi connectivity index (χ1v) is 4.60. The predicted octanol–water partition coefficient (Wildman–Crippen LogP) is 0.477. The third kappa shape index (κ3) is 3.21. The average Bonchev–Trinajstić information content (AvgIpc) is 2.27. The van der Waals surface area contributed by atoms with Crippen LogP contribution in [0.2, 0.25) is 0 Å². The van der Waals surface area contributed by atoms with Gasteiger partial charge in [-0.15, -0.1) is 0 Å². The summed E-state index contributed by atoms with van der Waals surface area (Å²) in [6.45, 7) is 3.76. The van der Waals surface area contributed by atoms with E-state index in [0.29, 0.717) is 5.75 Å². The average molecular weight is 209 g/mol. The molecule has 0 radical (unpaired) electrons. The van der Waals surface area contributed by atoms with Crippen molar-refractivity contribution in [3.63, 3.8) is 0 Å². The van der Waals surface area contributed by atoms with Gasteiger partial charge in [-0.25, -0.2) is 5.84 Å². The van der Waals surface area contributed by atoms with Gasteiger partial charge in [0, 0.05) is 6.20 Å². The lowest BCUT2D eigenvalue weighted by molar-refractivity contribution is -0.130. The van der Waals surface area contributed by atoms with Gasteiger partial charge >= 0.3 is 0 Å². The van der Waals surface area contributed by atoms with E-state index in [1.54, 1.807) is 38.4 Å². The van der Waals surface area contributed by atoms with E-state index in [9.17, 15) is 4.79 Å². The highest BCUT2D eigenvalue weighted by Gasteiger charge is 2.27. The largest absolute Gasteiger partial charge is 0.491 e. The fraction of sp³-hybridized carbons (Fsp3) is 0.400. The van der Waals surface area contributed by atoms with Crippen LogP contribution in [0.15, 0.2) is 24.5 Å². The molecule has 82 valence electrons. The Bertz CT molecular complexity index is 325. The summed E-state index contributed by atoms with van der Waals surface area (Å²) >= 11 is 0. The van der Waals surface area contributed by atoms with Gasteiger partial charge in [-0.1, -0.05) is 0 Å². The van der Waals surface area contributed by atoms with E-state index in [0.717, 1.165) is 0 Å². The maximum Gasteiger partial charge on any atom is 0.242 e. The fourth-order valence-corrected chi connectivity index (χ4v) is 0.957. The molecule has 0 atom stereocenters. The van der Waals surface area contributed by atoms with E-state index in [1.165, 1.54) is 0 Å². The minimum absolute atomic E-state index is 0.252. The number of aromatic nitrogens is 1. The monoisotopic (exact) mass is 209 g/mol. The molecule has 3 N–H and O–H groups in total. The second-order valence-electron chi connectivity index (χ2n) is 3.83. The van der Waals surface area contributed by atoms with E-state index in [4.69, 9.17) is 10.6 Å². The standard InChI is InChI=1S/C10H15N3O2/c1-10(2,9(14)13-11)7-15-8-4-3-5-12-6-8/h3-6H,7,11H2,1-2H3,(H,13,14). The Labute approximate surface area is 88.6 Å². The lowest BCUT2D eigenvalue weighted by atomic mass is 9.94. The SMILES string of the molecule is CC(C)(COc1cccnc1)C(=O)NN. The molecule has 1 heterocycles. The first-order valence-electron chi connectivity index (χ1n) is 4.60. The normalized spacial score (nSPS) is 10.9. The topological polar surface area (TPSA) is 77.2 Å². The molecule has 0 aliphatic carbocycles. The van der Waals surface area contributed by atoms with Crippen molar-refractivity contribution >= 4 is 5.91 Å². The van der Waals surface area contributed by atoms with Gasteiger partial charge < -0.3 is 4.74 Å². The van der Waals surface area contributed by atoms with E-state index in [-0.39, 0.29) is 12.5 Å². The summed E-state index contributed by atoms with van der Waals surface area (Å²) in [5, 5.41) is 0. The Morgan fingerprint density at radius 3 is 2.93 bits per heavy atom. The summed E-state index contributed by atoms with van der Waals surface area (Å²) in [7, 11) is 0. The van der Waals surface area contributed by atoms with Crippen molar-refractivity contribution in [1.29, 1.82) is 0 Å². The number of amides is 1. The van der Waals surface area contributed by atoms with Gasteiger partial charge in [-0.3, -0.25) is 15.2 Å². The molecule has 0 spiro atoms. The molecule has 1 rings (SSSR count). The molecule has 5 heteroatoms. The Morgan fingerprint density at radius 1 is 1.67 bits per heavy atom. The van der Waals surface area contributed by atoms with Crippen LogP contribution in [-0.4, -0.2) is 17.5 Å². The van der Waals surface area contributed by atoms with Crippen molar-refractivity contribution in [2.45, 2.75) is 13.8 Å². The van der Waals surface area contributed by atoms with E-state index >= 15 is 0 Å². The number of carbonyl (C=O) groups is 1. The Morgan fingerprint density at radius 2 is 2.40 bits per heavy atom. The maximum atomic E-state index is 11.3. The molecule has 1 aromatic rings. The Kier molecular flexibility index (Phi) is 3.62. The predicted molar refractivity (Wildman–Crippen MR) is 55.8 cm³/mol. The van der Waals surface area contributed by atoms with Gasteiger partial charge in [-0.2, -0.15) is 0 Å². The molecule has 0 fully saturated rings. The zero-order valence-electron chi connectivity index (χ0n) is 8.86. The lowest BCUT2D eigenvalue weighted by Crippen LogP contribution is -2.44. The molecule has 5 nitrogen and oxygen atoms in total.